The summed E-state index contributed by atoms with van der Waals surface area (Å²) in [6, 6.07) is 4.58. The molecule has 20 heavy (non-hydrogen) atoms. The molecule has 0 radical (unpaired) electrons. The fourth-order valence-corrected chi connectivity index (χ4v) is 3.41. The van der Waals surface area contributed by atoms with Crippen molar-refractivity contribution in [2.24, 2.45) is 5.41 Å². The molecule has 2 rings (SSSR count). The van der Waals surface area contributed by atoms with Gasteiger partial charge in [-0.25, -0.2) is 0 Å². The summed E-state index contributed by atoms with van der Waals surface area (Å²) in [5.74, 6) is 0.467. The van der Waals surface area contributed by atoms with Crippen molar-refractivity contribution in [3.05, 3.63) is 32.8 Å². The lowest BCUT2D eigenvalue weighted by molar-refractivity contribution is -0.385. The SMILES string of the molecule is CCC1(CC)C(O)CC1Oc1cc(Br)cc([N+](=O)[O-])c1. The predicted octanol–water partition coefficient (Wildman–Crippen LogP) is 3.68. The summed E-state index contributed by atoms with van der Waals surface area (Å²) in [5.41, 5.74) is -0.246. The third-order valence-corrected chi connectivity index (χ3v) is 4.86. The second-order valence-corrected chi connectivity index (χ2v) is 6.12. The van der Waals surface area contributed by atoms with E-state index in [1.54, 1.807) is 6.07 Å². The molecule has 6 heteroatoms. The molecule has 0 heterocycles. The Morgan fingerprint density at radius 2 is 2.10 bits per heavy atom. The monoisotopic (exact) mass is 343 g/mol. The van der Waals surface area contributed by atoms with Gasteiger partial charge < -0.3 is 9.84 Å². The van der Waals surface area contributed by atoms with Crippen molar-refractivity contribution >= 4 is 21.6 Å². The van der Waals surface area contributed by atoms with E-state index in [9.17, 15) is 15.2 Å². The molecule has 0 amide bonds. The fraction of sp³-hybridized carbons (Fsp3) is 0.571. The van der Waals surface area contributed by atoms with E-state index in [1.807, 2.05) is 13.8 Å². The molecule has 1 aromatic carbocycles. The van der Waals surface area contributed by atoms with Crippen LogP contribution in [0.5, 0.6) is 5.75 Å². The third-order valence-electron chi connectivity index (χ3n) is 4.40. The highest BCUT2D eigenvalue weighted by Crippen LogP contribution is 2.49. The van der Waals surface area contributed by atoms with Crippen LogP contribution in [-0.2, 0) is 0 Å². The van der Waals surface area contributed by atoms with Gasteiger partial charge >= 0.3 is 0 Å². The second-order valence-electron chi connectivity index (χ2n) is 5.20. The van der Waals surface area contributed by atoms with Crippen LogP contribution in [0, 0.1) is 15.5 Å². The first-order valence-corrected chi connectivity index (χ1v) is 7.52. The van der Waals surface area contributed by atoms with Gasteiger partial charge in [0.25, 0.3) is 5.69 Å². The van der Waals surface area contributed by atoms with Gasteiger partial charge in [0.1, 0.15) is 11.9 Å². The molecule has 1 N–H and O–H groups in total. The molecule has 0 saturated heterocycles. The van der Waals surface area contributed by atoms with Crippen molar-refractivity contribution in [1.29, 1.82) is 0 Å². The van der Waals surface area contributed by atoms with E-state index in [4.69, 9.17) is 4.74 Å². The Kier molecular flexibility index (Phi) is 4.34. The van der Waals surface area contributed by atoms with Gasteiger partial charge in [0.15, 0.2) is 0 Å². The Balaban J connectivity index is 2.21. The van der Waals surface area contributed by atoms with Gasteiger partial charge in [-0.1, -0.05) is 29.8 Å². The van der Waals surface area contributed by atoms with Crippen molar-refractivity contribution in [3.63, 3.8) is 0 Å². The maximum Gasteiger partial charge on any atom is 0.274 e. The van der Waals surface area contributed by atoms with Gasteiger partial charge in [0.05, 0.1) is 17.1 Å². The summed E-state index contributed by atoms with van der Waals surface area (Å²) < 4.78 is 6.51. The van der Waals surface area contributed by atoms with Crippen LogP contribution in [0.1, 0.15) is 33.1 Å². The number of nitrogens with zero attached hydrogens (tertiary/aromatic N) is 1. The van der Waals surface area contributed by atoms with Crippen LogP contribution >= 0.6 is 15.9 Å². The molecule has 0 aliphatic heterocycles. The first-order chi connectivity index (χ1) is 9.42. The van der Waals surface area contributed by atoms with Gasteiger partial charge in [0, 0.05) is 22.4 Å². The van der Waals surface area contributed by atoms with E-state index < -0.39 is 4.92 Å². The largest absolute Gasteiger partial charge is 0.489 e. The first-order valence-electron chi connectivity index (χ1n) is 6.72. The number of non-ortho nitro benzene ring substituents is 1. The van der Waals surface area contributed by atoms with Gasteiger partial charge in [-0.2, -0.15) is 0 Å². The van der Waals surface area contributed by atoms with Crippen LogP contribution in [0.4, 0.5) is 5.69 Å². The summed E-state index contributed by atoms with van der Waals surface area (Å²) in [5, 5.41) is 20.9. The predicted molar refractivity (Wildman–Crippen MR) is 78.9 cm³/mol. The molecule has 110 valence electrons. The summed E-state index contributed by atoms with van der Waals surface area (Å²) in [7, 11) is 0. The summed E-state index contributed by atoms with van der Waals surface area (Å²) in [4.78, 5) is 10.4. The Hall–Kier alpha value is -1.14. The second kappa shape index (κ2) is 5.69. The standard InChI is InChI=1S/C14H18BrNO4/c1-3-14(4-2)12(17)8-13(14)20-11-6-9(15)5-10(7-11)16(18)19/h5-7,12-13,17H,3-4,8H2,1-2H3. The molecule has 2 unspecified atom stereocenters. The van der Waals surface area contributed by atoms with Crippen LogP contribution in [0.3, 0.4) is 0 Å². The number of aliphatic hydroxyl groups is 1. The van der Waals surface area contributed by atoms with Crippen molar-refractivity contribution < 1.29 is 14.8 Å². The van der Waals surface area contributed by atoms with E-state index in [0.29, 0.717) is 16.6 Å². The highest BCUT2D eigenvalue weighted by Gasteiger charge is 2.53. The Labute approximate surface area is 126 Å². The van der Waals surface area contributed by atoms with Gasteiger partial charge in [0.2, 0.25) is 0 Å². The van der Waals surface area contributed by atoms with Gasteiger partial charge in [-0.15, -0.1) is 0 Å². The average molecular weight is 344 g/mol. The van der Waals surface area contributed by atoms with Crippen molar-refractivity contribution in [2.75, 3.05) is 0 Å². The highest BCUT2D eigenvalue weighted by atomic mass is 79.9. The Bertz CT molecular complexity index is 516. The molecule has 1 aliphatic carbocycles. The topological polar surface area (TPSA) is 72.6 Å². The van der Waals surface area contributed by atoms with Crippen molar-refractivity contribution in [3.8, 4) is 5.75 Å². The van der Waals surface area contributed by atoms with Crippen LogP contribution in [0.2, 0.25) is 0 Å². The number of nitro groups is 1. The number of aliphatic hydroxyl groups excluding tert-OH is 1. The zero-order valence-electron chi connectivity index (χ0n) is 11.5. The summed E-state index contributed by atoms with van der Waals surface area (Å²) >= 11 is 3.25. The molecule has 1 saturated carbocycles. The quantitative estimate of drug-likeness (QED) is 0.653. The Morgan fingerprint density at radius 1 is 1.45 bits per heavy atom. The molecule has 1 aromatic rings. The zero-order chi connectivity index (χ0) is 14.9. The van der Waals surface area contributed by atoms with E-state index in [1.165, 1.54) is 12.1 Å². The number of ether oxygens (including phenoxy) is 1. The lowest BCUT2D eigenvalue weighted by atomic mass is 9.60. The normalized spacial score (nSPS) is 24.0. The minimum Gasteiger partial charge on any atom is -0.489 e. The number of benzene rings is 1. The minimum atomic E-state index is -0.444. The minimum absolute atomic E-state index is 0.00663. The molecule has 0 bridgehead atoms. The smallest absolute Gasteiger partial charge is 0.274 e. The molecular weight excluding hydrogens is 326 g/mol. The molecule has 1 fully saturated rings. The number of nitro benzene ring substituents is 1. The van der Waals surface area contributed by atoms with Crippen LogP contribution in [0.25, 0.3) is 0 Å². The Morgan fingerprint density at radius 3 is 2.60 bits per heavy atom. The number of rotatable bonds is 5. The van der Waals surface area contributed by atoms with Crippen molar-refractivity contribution in [2.45, 2.75) is 45.3 Å². The van der Waals surface area contributed by atoms with Crippen LogP contribution in [-0.4, -0.2) is 22.2 Å². The lowest BCUT2D eigenvalue weighted by Gasteiger charge is -2.52. The van der Waals surface area contributed by atoms with E-state index in [-0.39, 0.29) is 23.3 Å². The highest BCUT2D eigenvalue weighted by molar-refractivity contribution is 9.10. The maximum atomic E-state index is 10.9. The van der Waals surface area contributed by atoms with E-state index >= 15 is 0 Å². The summed E-state index contributed by atoms with van der Waals surface area (Å²) in [6.45, 7) is 4.07. The van der Waals surface area contributed by atoms with E-state index in [0.717, 1.165) is 12.8 Å². The van der Waals surface area contributed by atoms with Gasteiger partial charge in [-0.3, -0.25) is 10.1 Å². The molecular formula is C14H18BrNO4. The molecule has 0 aromatic heterocycles. The first kappa shape index (κ1) is 15.3. The molecule has 2 atom stereocenters. The average Bonchev–Trinajstić information content (AvgIpc) is 2.39. The molecule has 0 spiro atoms. The van der Waals surface area contributed by atoms with E-state index in [2.05, 4.69) is 15.9 Å². The number of hydrogen-bond acceptors (Lipinski definition) is 4. The lowest BCUT2D eigenvalue weighted by Crippen LogP contribution is -2.59. The third kappa shape index (κ3) is 2.54. The molecule has 5 nitrogen and oxygen atoms in total. The van der Waals surface area contributed by atoms with Crippen LogP contribution < -0.4 is 4.74 Å². The maximum absolute atomic E-state index is 10.9. The van der Waals surface area contributed by atoms with Crippen molar-refractivity contribution in [1.82, 2.24) is 0 Å². The zero-order valence-corrected chi connectivity index (χ0v) is 13.1. The number of hydrogen-bond donors (Lipinski definition) is 1. The molecule has 1 aliphatic rings. The number of halogens is 1. The fourth-order valence-electron chi connectivity index (χ4n) is 2.95. The van der Waals surface area contributed by atoms with Gasteiger partial charge in [-0.05, 0) is 18.9 Å². The van der Waals surface area contributed by atoms with Crippen LogP contribution in [0.15, 0.2) is 22.7 Å². The summed E-state index contributed by atoms with van der Waals surface area (Å²) in [6.07, 6.45) is 1.77.